The van der Waals surface area contributed by atoms with Crippen molar-refractivity contribution in [1.29, 1.82) is 0 Å². The number of anilines is 1. The molecule has 10 radical (unpaired) electrons. The number of hydrogen-bond donors (Lipinski definition) is 1. The second-order valence-electron chi connectivity index (χ2n) is 10.5. The predicted molar refractivity (Wildman–Crippen MR) is 158 cm³/mol. The van der Waals surface area contributed by atoms with Gasteiger partial charge < -0.3 is 24.6 Å². The molecule has 2 fully saturated rings. The highest BCUT2D eigenvalue weighted by Gasteiger charge is 2.36. The van der Waals surface area contributed by atoms with Gasteiger partial charge in [-0.15, -0.1) is 5.11 Å². The van der Waals surface area contributed by atoms with Crippen molar-refractivity contribution in [2.45, 2.75) is 35.9 Å². The van der Waals surface area contributed by atoms with Gasteiger partial charge in [0.05, 0.1) is 40.4 Å². The summed E-state index contributed by atoms with van der Waals surface area (Å²) >= 11 is 0. The maximum absolute atomic E-state index is 12.6. The molecule has 3 aromatic rings. The third-order valence-electron chi connectivity index (χ3n) is 7.65. The number of nitrogens with one attached hydrogen (secondary N) is 1. The average Bonchev–Trinajstić information content (AvgIpc) is 3.38. The number of carbonyl (C=O) groups is 1. The van der Waals surface area contributed by atoms with Crippen molar-refractivity contribution in [3.8, 4) is 11.3 Å². The molecular weight excluding hydrogens is 498 g/mol. The third kappa shape index (κ3) is 5.66. The maximum Gasteiger partial charge on any atom is 0.408 e. The van der Waals surface area contributed by atoms with Crippen molar-refractivity contribution in [3.05, 3.63) is 48.4 Å². The molecule has 0 bridgehead atoms. The molecule has 2 aliphatic rings. The summed E-state index contributed by atoms with van der Waals surface area (Å²) in [6.45, 7) is 6.32. The molecule has 2 aliphatic heterocycles. The number of rotatable bonds is 7. The van der Waals surface area contributed by atoms with Gasteiger partial charge in [-0.3, -0.25) is 4.98 Å². The normalized spacial score (nSPS) is 20.5. The van der Waals surface area contributed by atoms with Crippen molar-refractivity contribution >= 4 is 56.5 Å². The van der Waals surface area contributed by atoms with Gasteiger partial charge in [0.15, 0.2) is 0 Å². The quantitative estimate of drug-likeness (QED) is 0.456. The monoisotopic (exact) mass is 528 g/mol. The number of hydrogen-bond acceptors (Lipinski definition) is 7. The van der Waals surface area contributed by atoms with Gasteiger partial charge in [-0.05, 0) is 44.5 Å². The van der Waals surface area contributed by atoms with E-state index in [1.807, 2.05) is 36.0 Å². The summed E-state index contributed by atoms with van der Waals surface area (Å²) in [6.07, 6.45) is 6.95. The maximum atomic E-state index is 12.6. The molecule has 1 atom stereocenters. The van der Waals surface area contributed by atoms with Gasteiger partial charge in [-0.1, -0.05) is 6.07 Å². The fourth-order valence-electron chi connectivity index (χ4n) is 5.28. The van der Waals surface area contributed by atoms with E-state index in [-0.39, 0.29) is 5.60 Å². The van der Waals surface area contributed by atoms with E-state index in [0.717, 1.165) is 54.0 Å². The van der Waals surface area contributed by atoms with Crippen LogP contribution in [0.25, 0.3) is 16.8 Å². The number of aromatic nitrogens is 3. The molecule has 0 aliphatic carbocycles. The van der Waals surface area contributed by atoms with Crippen LogP contribution in [0, 0.1) is 0 Å². The predicted octanol–water partition coefficient (Wildman–Crippen LogP) is 0.840. The van der Waals surface area contributed by atoms with Crippen molar-refractivity contribution in [1.82, 2.24) is 24.8 Å². The Balaban J connectivity index is 1.30. The zero-order valence-corrected chi connectivity index (χ0v) is 22.8. The summed E-state index contributed by atoms with van der Waals surface area (Å²) in [5.74, 6) is 0. The standard InChI is InChI=1S/C26H29B5N6O3/c1-2-39-24(7-3-8-32-17-24)19-4-5-20(33-15-19)18-14-22-21(6-9-34-37(22)16-18)35-10-12-36(13-11-35)23(38)40-26(30,31)25(27,28)29/h4-6,9,14-16,32H,2-3,7-8,10-13,17H2,1H3/t24-/m1/s1. The van der Waals surface area contributed by atoms with Gasteiger partial charge in [0.2, 0.25) is 0 Å². The van der Waals surface area contributed by atoms with Crippen LogP contribution in [-0.4, -0.2) is 116 Å². The number of fused-ring (bicyclic) bond motifs is 1. The highest BCUT2D eigenvalue weighted by Crippen LogP contribution is 2.34. The van der Waals surface area contributed by atoms with E-state index >= 15 is 0 Å². The largest absolute Gasteiger partial charge is 0.465 e. The van der Waals surface area contributed by atoms with Gasteiger partial charge in [-0.2, -0.15) is 5.10 Å². The van der Waals surface area contributed by atoms with Crippen LogP contribution in [0.5, 0.6) is 0 Å². The van der Waals surface area contributed by atoms with Crippen molar-refractivity contribution in [3.63, 3.8) is 0 Å². The molecule has 1 N–H and O–H groups in total. The molecule has 1 amide bonds. The first-order valence-electron chi connectivity index (χ1n) is 13.5. The summed E-state index contributed by atoms with van der Waals surface area (Å²) in [5, 5.41) is 3.65. The molecule has 0 saturated carbocycles. The molecule has 14 heteroatoms. The zero-order chi connectivity index (χ0) is 28.5. The van der Waals surface area contributed by atoms with Gasteiger partial charge in [0.1, 0.15) is 21.3 Å². The number of amides is 1. The van der Waals surface area contributed by atoms with E-state index in [4.69, 9.17) is 53.7 Å². The molecule has 196 valence electrons. The van der Waals surface area contributed by atoms with E-state index in [1.165, 1.54) is 4.90 Å². The molecule has 40 heavy (non-hydrogen) atoms. The molecular formula is C26H29B5N6O3. The minimum absolute atomic E-state index is 0.342. The Kier molecular flexibility index (Phi) is 8.03. The number of piperidine rings is 1. The molecule has 2 saturated heterocycles. The molecule has 5 heterocycles. The number of pyridine rings is 1. The molecule has 3 aromatic heterocycles. The lowest BCUT2D eigenvalue weighted by atomic mass is 9.28. The van der Waals surface area contributed by atoms with Crippen LogP contribution in [-0.2, 0) is 15.1 Å². The Bertz CT molecular complexity index is 1330. The summed E-state index contributed by atoms with van der Waals surface area (Å²) in [4.78, 5) is 21.0. The molecule has 0 unspecified atom stereocenters. The molecule has 9 nitrogen and oxygen atoms in total. The Hall–Kier alpha value is -2.85. The Morgan fingerprint density at radius 3 is 2.52 bits per heavy atom. The van der Waals surface area contributed by atoms with Crippen LogP contribution >= 0.6 is 0 Å². The van der Waals surface area contributed by atoms with E-state index in [2.05, 4.69) is 27.4 Å². The van der Waals surface area contributed by atoms with Crippen molar-refractivity contribution in [2.75, 3.05) is 50.8 Å². The Morgan fingerprint density at radius 2 is 1.90 bits per heavy atom. The van der Waals surface area contributed by atoms with E-state index in [1.54, 1.807) is 6.20 Å². The smallest absolute Gasteiger partial charge is 0.408 e. The van der Waals surface area contributed by atoms with E-state index in [0.29, 0.717) is 32.8 Å². The van der Waals surface area contributed by atoms with Crippen molar-refractivity contribution < 1.29 is 14.3 Å². The second kappa shape index (κ2) is 11.2. The number of carbonyl (C=O) groups excluding carboxylic acids is 1. The van der Waals surface area contributed by atoms with Gasteiger partial charge in [0, 0.05) is 74.4 Å². The molecule has 5 rings (SSSR count). The fourth-order valence-corrected chi connectivity index (χ4v) is 5.28. The van der Waals surface area contributed by atoms with Gasteiger partial charge in [0.25, 0.3) is 0 Å². The second-order valence-corrected chi connectivity index (χ2v) is 10.5. The first-order valence-corrected chi connectivity index (χ1v) is 13.5. The lowest BCUT2D eigenvalue weighted by molar-refractivity contribution is -0.0603. The van der Waals surface area contributed by atoms with Crippen LogP contribution in [0.15, 0.2) is 42.9 Å². The summed E-state index contributed by atoms with van der Waals surface area (Å²) < 4.78 is 13.1. The summed E-state index contributed by atoms with van der Waals surface area (Å²) in [6, 6.07) is 8.19. The van der Waals surface area contributed by atoms with Gasteiger partial charge in [-0.25, -0.2) is 9.31 Å². The zero-order valence-electron chi connectivity index (χ0n) is 22.8. The van der Waals surface area contributed by atoms with Crippen LogP contribution in [0.3, 0.4) is 0 Å². The summed E-state index contributed by atoms with van der Waals surface area (Å²) in [7, 11) is 28.0. The Morgan fingerprint density at radius 1 is 1.12 bits per heavy atom. The fraction of sp³-hybridized carbons (Fsp3) is 0.500. The molecule has 0 aromatic carbocycles. The topological polar surface area (TPSA) is 84.2 Å². The first kappa shape index (κ1) is 28.7. The minimum atomic E-state index is -2.22. The third-order valence-corrected chi connectivity index (χ3v) is 7.65. The average molecular weight is 528 g/mol. The van der Waals surface area contributed by atoms with E-state index in [9.17, 15) is 4.79 Å². The van der Waals surface area contributed by atoms with Crippen LogP contribution in [0.4, 0.5) is 10.5 Å². The van der Waals surface area contributed by atoms with E-state index < -0.39 is 16.6 Å². The van der Waals surface area contributed by atoms with Crippen molar-refractivity contribution in [2.24, 2.45) is 0 Å². The Labute approximate surface area is 241 Å². The minimum Gasteiger partial charge on any atom is -0.465 e. The number of piperazine rings is 1. The number of ether oxygens (including phenoxy) is 2. The van der Waals surface area contributed by atoms with Crippen LogP contribution in [0.1, 0.15) is 25.3 Å². The van der Waals surface area contributed by atoms with Crippen LogP contribution < -0.4 is 10.2 Å². The SMILES string of the molecule is [B]C([B])([B])C([B])([B])OC(=O)N1CCN(c2ccnn3cc(-c4ccc([C@@]5(OCC)CCCNC5)cn4)cc23)CC1. The lowest BCUT2D eigenvalue weighted by Gasteiger charge is -2.43. The number of nitrogens with zero attached hydrogens (tertiary/aromatic N) is 5. The molecule has 0 spiro atoms. The first-order chi connectivity index (χ1) is 19.0. The summed E-state index contributed by atoms with van der Waals surface area (Å²) in [5.41, 5.74) is 4.48. The highest BCUT2D eigenvalue weighted by molar-refractivity contribution is 6.67. The lowest BCUT2D eigenvalue weighted by Crippen LogP contribution is -2.55. The van der Waals surface area contributed by atoms with Crippen LogP contribution in [0.2, 0.25) is 5.11 Å². The van der Waals surface area contributed by atoms with Gasteiger partial charge >= 0.3 is 6.09 Å². The highest BCUT2D eigenvalue weighted by atomic mass is 16.6.